The van der Waals surface area contributed by atoms with Gasteiger partial charge in [-0.2, -0.15) is 0 Å². The average molecular weight is 222 g/mol. The number of carbonyl (C=O) groups is 1. The third kappa shape index (κ3) is 1.27. The Labute approximate surface area is 97.4 Å². The van der Waals surface area contributed by atoms with E-state index in [1.165, 1.54) is 12.8 Å². The van der Waals surface area contributed by atoms with Crippen molar-refractivity contribution < 1.29 is 4.79 Å². The van der Waals surface area contributed by atoms with Gasteiger partial charge in [0.2, 0.25) is 5.91 Å². The van der Waals surface area contributed by atoms with E-state index in [1.807, 2.05) is 0 Å². The molecule has 16 heavy (non-hydrogen) atoms. The molecular weight excluding hydrogens is 200 g/mol. The second-order valence-corrected chi connectivity index (χ2v) is 6.14. The Kier molecular flexibility index (Phi) is 2.29. The quantitative estimate of drug-likeness (QED) is 0.736. The smallest absolute Gasteiger partial charge is 0.225 e. The van der Waals surface area contributed by atoms with Crippen molar-refractivity contribution in [1.29, 1.82) is 0 Å². The Hall–Kier alpha value is -0.570. The average Bonchev–Trinajstić information content (AvgIpc) is 2.27. The second-order valence-electron chi connectivity index (χ2n) is 6.14. The van der Waals surface area contributed by atoms with Crippen LogP contribution in [0, 0.1) is 23.2 Å². The van der Waals surface area contributed by atoms with Gasteiger partial charge in [0.1, 0.15) is 0 Å². The third-order valence-corrected chi connectivity index (χ3v) is 5.32. The zero-order chi connectivity index (χ0) is 11.3. The number of rotatable bonds is 2. The standard InChI is InChI=1S/C13H22N2O/c1-14-11-9-3-8-4-10(11)7-13(5-8,6-9)12(16)15-2/h8-11,14H,3-7H2,1-2H3,(H,15,16). The Balaban J connectivity index is 1.89. The van der Waals surface area contributed by atoms with Gasteiger partial charge in [-0.1, -0.05) is 0 Å². The number of carbonyl (C=O) groups excluding carboxylic acids is 1. The van der Waals surface area contributed by atoms with Gasteiger partial charge >= 0.3 is 0 Å². The maximum absolute atomic E-state index is 12.1. The number of nitrogens with one attached hydrogen (secondary N) is 2. The van der Waals surface area contributed by atoms with E-state index in [1.54, 1.807) is 7.05 Å². The maximum Gasteiger partial charge on any atom is 0.225 e. The molecule has 2 unspecified atom stereocenters. The predicted molar refractivity (Wildman–Crippen MR) is 62.9 cm³/mol. The van der Waals surface area contributed by atoms with Crippen LogP contribution in [0.4, 0.5) is 0 Å². The highest BCUT2D eigenvalue weighted by Crippen LogP contribution is 2.59. The van der Waals surface area contributed by atoms with Crippen LogP contribution in [0.5, 0.6) is 0 Å². The van der Waals surface area contributed by atoms with Crippen LogP contribution in [0.25, 0.3) is 0 Å². The fourth-order valence-electron chi connectivity index (χ4n) is 5.04. The van der Waals surface area contributed by atoms with Crippen molar-refractivity contribution in [2.75, 3.05) is 14.1 Å². The Morgan fingerprint density at radius 1 is 1.12 bits per heavy atom. The van der Waals surface area contributed by atoms with Crippen LogP contribution in [0.3, 0.4) is 0 Å². The van der Waals surface area contributed by atoms with Gasteiger partial charge in [-0.3, -0.25) is 4.79 Å². The van der Waals surface area contributed by atoms with Crippen molar-refractivity contribution in [2.45, 2.75) is 38.1 Å². The molecule has 0 aliphatic heterocycles. The molecule has 1 amide bonds. The molecular formula is C13H22N2O. The van der Waals surface area contributed by atoms with Crippen LogP contribution in [-0.2, 0) is 4.79 Å². The van der Waals surface area contributed by atoms with Crippen molar-refractivity contribution in [1.82, 2.24) is 10.6 Å². The molecule has 4 rings (SSSR count). The first kappa shape index (κ1) is 10.6. The lowest BCUT2D eigenvalue weighted by Crippen LogP contribution is -2.61. The van der Waals surface area contributed by atoms with Crippen LogP contribution in [0.1, 0.15) is 32.1 Å². The number of hydrogen-bond acceptors (Lipinski definition) is 2. The summed E-state index contributed by atoms with van der Waals surface area (Å²) in [5, 5.41) is 6.38. The van der Waals surface area contributed by atoms with Crippen molar-refractivity contribution in [3.8, 4) is 0 Å². The van der Waals surface area contributed by atoms with E-state index in [-0.39, 0.29) is 5.41 Å². The normalized spacial score (nSPS) is 49.4. The summed E-state index contributed by atoms with van der Waals surface area (Å²) in [7, 11) is 3.87. The Morgan fingerprint density at radius 3 is 2.25 bits per heavy atom. The first-order valence-corrected chi connectivity index (χ1v) is 6.58. The molecule has 0 spiro atoms. The van der Waals surface area contributed by atoms with Crippen molar-refractivity contribution in [2.24, 2.45) is 23.2 Å². The van der Waals surface area contributed by atoms with Gasteiger partial charge in [0.05, 0.1) is 5.41 Å². The van der Waals surface area contributed by atoms with Gasteiger partial charge in [0, 0.05) is 13.1 Å². The summed E-state index contributed by atoms with van der Waals surface area (Å²) < 4.78 is 0. The molecule has 0 heterocycles. The first-order chi connectivity index (χ1) is 7.68. The van der Waals surface area contributed by atoms with E-state index in [0.29, 0.717) is 11.9 Å². The van der Waals surface area contributed by atoms with Crippen LogP contribution >= 0.6 is 0 Å². The Bertz CT molecular complexity index is 299. The van der Waals surface area contributed by atoms with Crippen molar-refractivity contribution in [3.63, 3.8) is 0 Å². The van der Waals surface area contributed by atoms with E-state index >= 15 is 0 Å². The molecule has 0 aromatic heterocycles. The zero-order valence-electron chi connectivity index (χ0n) is 10.3. The summed E-state index contributed by atoms with van der Waals surface area (Å²) in [6.45, 7) is 0. The lowest BCUT2D eigenvalue weighted by atomic mass is 9.47. The first-order valence-electron chi connectivity index (χ1n) is 6.58. The van der Waals surface area contributed by atoms with E-state index in [9.17, 15) is 4.79 Å². The summed E-state index contributed by atoms with van der Waals surface area (Å²) in [6.07, 6.45) is 6.08. The van der Waals surface area contributed by atoms with E-state index in [4.69, 9.17) is 0 Å². The fraction of sp³-hybridized carbons (Fsp3) is 0.923. The van der Waals surface area contributed by atoms with E-state index in [2.05, 4.69) is 17.7 Å². The third-order valence-electron chi connectivity index (χ3n) is 5.32. The number of hydrogen-bond donors (Lipinski definition) is 2. The molecule has 2 N–H and O–H groups in total. The van der Waals surface area contributed by atoms with E-state index < -0.39 is 0 Å². The molecule has 4 fully saturated rings. The highest BCUT2D eigenvalue weighted by atomic mass is 16.2. The van der Waals surface area contributed by atoms with Gasteiger partial charge in [0.25, 0.3) is 0 Å². The molecule has 3 heteroatoms. The molecule has 4 aliphatic rings. The summed E-state index contributed by atoms with van der Waals surface area (Å²) in [5.41, 5.74) is -0.00139. The van der Waals surface area contributed by atoms with Crippen LogP contribution in [0.2, 0.25) is 0 Å². The minimum Gasteiger partial charge on any atom is -0.359 e. The topological polar surface area (TPSA) is 41.1 Å². The lowest BCUT2D eigenvalue weighted by Gasteiger charge is -2.59. The highest BCUT2D eigenvalue weighted by Gasteiger charge is 2.57. The predicted octanol–water partition coefficient (Wildman–Crippen LogP) is 1.15. The molecule has 90 valence electrons. The largest absolute Gasteiger partial charge is 0.359 e. The van der Waals surface area contributed by atoms with Crippen LogP contribution in [-0.4, -0.2) is 26.0 Å². The van der Waals surface area contributed by atoms with Gasteiger partial charge < -0.3 is 10.6 Å². The molecule has 0 aromatic carbocycles. The molecule has 4 bridgehead atoms. The fourth-order valence-corrected chi connectivity index (χ4v) is 5.04. The zero-order valence-corrected chi connectivity index (χ0v) is 10.3. The highest BCUT2D eigenvalue weighted by molar-refractivity contribution is 5.83. The van der Waals surface area contributed by atoms with Gasteiger partial charge in [-0.25, -0.2) is 0 Å². The van der Waals surface area contributed by atoms with Crippen LogP contribution < -0.4 is 10.6 Å². The van der Waals surface area contributed by atoms with Crippen molar-refractivity contribution in [3.05, 3.63) is 0 Å². The monoisotopic (exact) mass is 222 g/mol. The molecule has 0 radical (unpaired) electrons. The van der Waals surface area contributed by atoms with Gasteiger partial charge in [0.15, 0.2) is 0 Å². The lowest BCUT2D eigenvalue weighted by molar-refractivity contribution is -0.148. The minimum atomic E-state index is -0.00139. The molecule has 0 saturated heterocycles. The summed E-state index contributed by atoms with van der Waals surface area (Å²) in [4.78, 5) is 12.1. The molecule has 3 nitrogen and oxygen atoms in total. The van der Waals surface area contributed by atoms with E-state index in [0.717, 1.165) is 37.0 Å². The van der Waals surface area contributed by atoms with Crippen LogP contribution in [0.15, 0.2) is 0 Å². The Morgan fingerprint density at radius 2 is 1.75 bits per heavy atom. The van der Waals surface area contributed by atoms with Gasteiger partial charge in [-0.05, 0) is 56.9 Å². The SMILES string of the molecule is CNC(=O)C12CC3CC(C1)C(NC)C(C3)C2. The van der Waals surface area contributed by atoms with Gasteiger partial charge in [-0.15, -0.1) is 0 Å². The maximum atomic E-state index is 12.1. The molecule has 4 aliphatic carbocycles. The van der Waals surface area contributed by atoms with Crippen molar-refractivity contribution >= 4 is 5.91 Å². The second kappa shape index (κ2) is 3.46. The minimum absolute atomic E-state index is 0.00139. The number of amides is 1. The molecule has 4 saturated carbocycles. The summed E-state index contributed by atoms with van der Waals surface area (Å²) >= 11 is 0. The summed E-state index contributed by atoms with van der Waals surface area (Å²) in [5.74, 6) is 2.61. The summed E-state index contributed by atoms with van der Waals surface area (Å²) in [6, 6.07) is 0.675. The molecule has 2 atom stereocenters. The molecule has 0 aromatic rings.